The highest BCUT2D eigenvalue weighted by Gasteiger charge is 2.29. The van der Waals surface area contributed by atoms with Gasteiger partial charge in [-0.15, -0.1) is 0 Å². The second kappa shape index (κ2) is 4.08. The van der Waals surface area contributed by atoms with Gasteiger partial charge in [0.15, 0.2) is 11.5 Å². The van der Waals surface area contributed by atoms with Crippen molar-refractivity contribution in [2.75, 3.05) is 13.9 Å². The Bertz CT molecular complexity index is 500. The SMILES string of the molecule is COC(=O)N1Cc2cc3c(cc2CC1C)OCO3. The molecule has 0 saturated carbocycles. The van der Waals surface area contributed by atoms with E-state index in [1.165, 1.54) is 12.7 Å². The minimum Gasteiger partial charge on any atom is -0.454 e. The van der Waals surface area contributed by atoms with Crippen LogP contribution in [0.15, 0.2) is 12.1 Å². The Morgan fingerprint density at radius 2 is 2.00 bits per heavy atom. The molecule has 2 aliphatic rings. The molecule has 2 aliphatic heterocycles. The highest BCUT2D eigenvalue weighted by Crippen LogP contribution is 2.37. The predicted molar refractivity (Wildman–Crippen MR) is 63.7 cm³/mol. The molecule has 5 nitrogen and oxygen atoms in total. The van der Waals surface area contributed by atoms with E-state index in [4.69, 9.17) is 14.2 Å². The number of methoxy groups -OCH3 is 1. The average Bonchev–Trinajstić information content (AvgIpc) is 2.81. The van der Waals surface area contributed by atoms with Gasteiger partial charge in [0, 0.05) is 12.6 Å². The molecule has 1 unspecified atom stereocenters. The van der Waals surface area contributed by atoms with E-state index in [2.05, 4.69) is 0 Å². The van der Waals surface area contributed by atoms with Crippen molar-refractivity contribution in [1.82, 2.24) is 4.90 Å². The summed E-state index contributed by atoms with van der Waals surface area (Å²) in [5.41, 5.74) is 2.31. The van der Waals surface area contributed by atoms with E-state index in [0.717, 1.165) is 23.5 Å². The molecule has 0 spiro atoms. The summed E-state index contributed by atoms with van der Waals surface area (Å²) in [5.74, 6) is 1.56. The molecule has 0 aromatic heterocycles. The lowest BCUT2D eigenvalue weighted by atomic mass is 9.94. The second-order valence-electron chi connectivity index (χ2n) is 4.63. The van der Waals surface area contributed by atoms with Gasteiger partial charge in [0.2, 0.25) is 6.79 Å². The van der Waals surface area contributed by atoms with Crippen LogP contribution in [0.3, 0.4) is 0 Å². The number of hydrogen-bond donors (Lipinski definition) is 0. The number of nitrogens with zero attached hydrogens (tertiary/aromatic N) is 1. The van der Waals surface area contributed by atoms with Crippen molar-refractivity contribution in [3.05, 3.63) is 23.3 Å². The first-order valence-electron chi connectivity index (χ1n) is 5.95. The minimum absolute atomic E-state index is 0.130. The largest absolute Gasteiger partial charge is 0.454 e. The molecule has 3 rings (SSSR count). The van der Waals surface area contributed by atoms with Crippen LogP contribution in [-0.4, -0.2) is 30.9 Å². The van der Waals surface area contributed by atoms with Crippen molar-refractivity contribution in [3.63, 3.8) is 0 Å². The zero-order valence-electron chi connectivity index (χ0n) is 10.4. The van der Waals surface area contributed by atoms with Crippen LogP contribution in [-0.2, 0) is 17.7 Å². The maximum atomic E-state index is 11.7. The molecule has 18 heavy (non-hydrogen) atoms. The quantitative estimate of drug-likeness (QED) is 0.705. The molecule has 1 aromatic carbocycles. The van der Waals surface area contributed by atoms with Crippen LogP contribution in [0.4, 0.5) is 4.79 Å². The number of fused-ring (bicyclic) bond motifs is 2. The van der Waals surface area contributed by atoms with Gasteiger partial charge in [-0.2, -0.15) is 0 Å². The predicted octanol–water partition coefficient (Wildman–Crippen LogP) is 1.93. The number of hydrogen-bond acceptors (Lipinski definition) is 4. The zero-order chi connectivity index (χ0) is 12.7. The average molecular weight is 249 g/mol. The van der Waals surface area contributed by atoms with Crippen LogP contribution >= 0.6 is 0 Å². The van der Waals surface area contributed by atoms with Gasteiger partial charge in [0.1, 0.15) is 0 Å². The van der Waals surface area contributed by atoms with Gasteiger partial charge in [0.25, 0.3) is 0 Å². The molecule has 1 amide bonds. The molecule has 1 atom stereocenters. The molecule has 0 aliphatic carbocycles. The molecule has 0 radical (unpaired) electrons. The summed E-state index contributed by atoms with van der Waals surface area (Å²) in [6.45, 7) is 2.85. The Balaban J connectivity index is 1.94. The van der Waals surface area contributed by atoms with Gasteiger partial charge in [-0.3, -0.25) is 0 Å². The molecule has 0 saturated heterocycles. The summed E-state index contributed by atoms with van der Waals surface area (Å²) in [7, 11) is 1.41. The highest BCUT2D eigenvalue weighted by molar-refractivity contribution is 5.68. The summed E-state index contributed by atoms with van der Waals surface area (Å²) < 4.78 is 15.5. The normalized spacial score (nSPS) is 20.6. The third kappa shape index (κ3) is 1.66. The van der Waals surface area contributed by atoms with Gasteiger partial charge in [-0.05, 0) is 36.6 Å². The number of ether oxygens (including phenoxy) is 3. The summed E-state index contributed by atoms with van der Waals surface area (Å²) in [6.07, 6.45) is 0.520. The molecule has 2 heterocycles. The Labute approximate surface area is 105 Å². The molecule has 96 valence electrons. The topological polar surface area (TPSA) is 48.0 Å². The fourth-order valence-corrected chi connectivity index (χ4v) is 2.49. The van der Waals surface area contributed by atoms with E-state index in [1.54, 1.807) is 4.90 Å². The first-order chi connectivity index (χ1) is 8.69. The fraction of sp³-hybridized carbons (Fsp3) is 0.462. The lowest BCUT2D eigenvalue weighted by molar-refractivity contribution is 0.100. The van der Waals surface area contributed by atoms with Gasteiger partial charge >= 0.3 is 6.09 Å². The minimum atomic E-state index is -0.286. The maximum absolute atomic E-state index is 11.7. The fourth-order valence-electron chi connectivity index (χ4n) is 2.49. The third-order valence-electron chi connectivity index (χ3n) is 3.49. The van der Waals surface area contributed by atoms with E-state index < -0.39 is 0 Å². The van der Waals surface area contributed by atoms with Gasteiger partial charge in [-0.1, -0.05) is 0 Å². The summed E-state index contributed by atoms with van der Waals surface area (Å²) >= 11 is 0. The number of benzene rings is 1. The Morgan fingerprint density at radius 1 is 1.33 bits per heavy atom. The van der Waals surface area contributed by atoms with E-state index in [1.807, 2.05) is 19.1 Å². The van der Waals surface area contributed by atoms with Gasteiger partial charge in [0.05, 0.1) is 7.11 Å². The van der Waals surface area contributed by atoms with Crippen LogP contribution in [0.25, 0.3) is 0 Å². The van der Waals surface area contributed by atoms with Crippen LogP contribution in [0.2, 0.25) is 0 Å². The molecule has 0 fully saturated rings. The smallest absolute Gasteiger partial charge is 0.410 e. The lowest BCUT2D eigenvalue weighted by Gasteiger charge is -2.33. The van der Waals surface area contributed by atoms with Gasteiger partial charge < -0.3 is 19.1 Å². The molecular weight excluding hydrogens is 234 g/mol. The molecule has 1 aromatic rings. The number of carbonyl (C=O) groups is 1. The van der Waals surface area contributed by atoms with Crippen molar-refractivity contribution < 1.29 is 19.0 Å². The monoisotopic (exact) mass is 249 g/mol. The van der Waals surface area contributed by atoms with Crippen molar-refractivity contribution in [3.8, 4) is 11.5 Å². The standard InChI is InChI=1S/C13H15NO4/c1-8-3-9-4-11-12(18-7-17-11)5-10(9)6-14(8)13(15)16-2/h4-5,8H,3,6-7H2,1-2H3. The third-order valence-corrected chi connectivity index (χ3v) is 3.49. The Hall–Kier alpha value is -1.91. The van der Waals surface area contributed by atoms with Crippen LogP contribution in [0.5, 0.6) is 11.5 Å². The van der Waals surface area contributed by atoms with Crippen LogP contribution in [0, 0.1) is 0 Å². The summed E-state index contributed by atoms with van der Waals surface area (Å²) in [4.78, 5) is 13.4. The Morgan fingerprint density at radius 3 is 2.67 bits per heavy atom. The van der Waals surface area contributed by atoms with Crippen molar-refractivity contribution in [2.45, 2.75) is 25.9 Å². The van der Waals surface area contributed by atoms with E-state index in [-0.39, 0.29) is 18.9 Å². The lowest BCUT2D eigenvalue weighted by Crippen LogP contribution is -2.42. The first-order valence-corrected chi connectivity index (χ1v) is 5.95. The van der Waals surface area contributed by atoms with Crippen LogP contribution < -0.4 is 9.47 Å². The summed E-state index contributed by atoms with van der Waals surface area (Å²) in [5, 5.41) is 0. The highest BCUT2D eigenvalue weighted by atomic mass is 16.7. The van der Waals surface area contributed by atoms with E-state index >= 15 is 0 Å². The molecular formula is C13H15NO4. The van der Waals surface area contributed by atoms with E-state index in [0.29, 0.717) is 6.54 Å². The Kier molecular flexibility index (Phi) is 2.54. The zero-order valence-corrected chi connectivity index (χ0v) is 10.4. The number of amides is 1. The van der Waals surface area contributed by atoms with Crippen molar-refractivity contribution in [1.29, 1.82) is 0 Å². The number of carbonyl (C=O) groups excluding carboxylic acids is 1. The number of rotatable bonds is 0. The molecule has 5 heteroatoms. The van der Waals surface area contributed by atoms with E-state index in [9.17, 15) is 4.79 Å². The molecule has 0 bridgehead atoms. The van der Waals surface area contributed by atoms with Crippen molar-refractivity contribution in [2.24, 2.45) is 0 Å². The molecule has 0 N–H and O–H groups in total. The first kappa shape index (κ1) is 11.2. The van der Waals surface area contributed by atoms with Gasteiger partial charge in [-0.25, -0.2) is 4.79 Å². The maximum Gasteiger partial charge on any atom is 0.410 e. The van der Waals surface area contributed by atoms with Crippen LogP contribution in [0.1, 0.15) is 18.1 Å². The second-order valence-corrected chi connectivity index (χ2v) is 4.63. The van der Waals surface area contributed by atoms with Crippen molar-refractivity contribution >= 4 is 6.09 Å². The summed E-state index contributed by atoms with van der Waals surface area (Å²) in [6, 6.07) is 4.10.